The standard InChI is InChI=1S/C11H10F2N2O2/c1-3-17-11(16)9-6(2)7(10(12)13)5-15-8(9)4-14/h5,10H,3H2,1-2H3. The van der Waals surface area contributed by atoms with Gasteiger partial charge in [0.05, 0.1) is 12.2 Å². The fraction of sp³-hybridized carbons (Fsp3) is 0.364. The average molecular weight is 240 g/mol. The zero-order valence-electron chi connectivity index (χ0n) is 9.33. The van der Waals surface area contributed by atoms with E-state index in [1.165, 1.54) is 6.92 Å². The first-order valence-electron chi connectivity index (χ1n) is 4.87. The number of hydrogen-bond acceptors (Lipinski definition) is 4. The summed E-state index contributed by atoms with van der Waals surface area (Å²) in [6, 6.07) is 1.69. The third kappa shape index (κ3) is 2.56. The number of rotatable bonds is 3. The van der Waals surface area contributed by atoms with Crippen molar-refractivity contribution in [2.24, 2.45) is 0 Å². The highest BCUT2D eigenvalue weighted by Gasteiger charge is 2.22. The van der Waals surface area contributed by atoms with Gasteiger partial charge in [0.1, 0.15) is 6.07 Å². The van der Waals surface area contributed by atoms with Crippen LogP contribution in [0.25, 0.3) is 0 Å². The monoisotopic (exact) mass is 240 g/mol. The lowest BCUT2D eigenvalue weighted by atomic mass is 10.0. The van der Waals surface area contributed by atoms with Crippen molar-refractivity contribution in [1.29, 1.82) is 5.26 Å². The molecule has 0 bridgehead atoms. The summed E-state index contributed by atoms with van der Waals surface area (Å²) in [6.07, 6.45) is -1.84. The Hall–Kier alpha value is -2.03. The van der Waals surface area contributed by atoms with Gasteiger partial charge in [-0.1, -0.05) is 0 Å². The third-order valence-corrected chi connectivity index (χ3v) is 2.20. The van der Waals surface area contributed by atoms with Crippen LogP contribution in [0.5, 0.6) is 0 Å². The summed E-state index contributed by atoms with van der Waals surface area (Å²) in [5, 5.41) is 8.78. The molecular formula is C11H10F2N2O2. The molecule has 0 N–H and O–H groups in total. The van der Waals surface area contributed by atoms with Gasteiger partial charge in [0.25, 0.3) is 6.43 Å². The summed E-state index contributed by atoms with van der Waals surface area (Å²) < 4.78 is 29.9. The Morgan fingerprint density at radius 2 is 2.29 bits per heavy atom. The quantitative estimate of drug-likeness (QED) is 0.761. The van der Waals surface area contributed by atoms with Gasteiger partial charge in [-0.15, -0.1) is 0 Å². The second kappa shape index (κ2) is 5.34. The van der Waals surface area contributed by atoms with Gasteiger partial charge in [-0.25, -0.2) is 18.6 Å². The summed E-state index contributed by atoms with van der Waals surface area (Å²) in [4.78, 5) is 15.1. The molecule has 4 nitrogen and oxygen atoms in total. The topological polar surface area (TPSA) is 63.0 Å². The number of carbonyl (C=O) groups is 1. The molecule has 0 amide bonds. The molecule has 0 aliphatic carbocycles. The van der Waals surface area contributed by atoms with E-state index in [2.05, 4.69) is 4.98 Å². The molecule has 0 fully saturated rings. The molecular weight excluding hydrogens is 230 g/mol. The van der Waals surface area contributed by atoms with Crippen LogP contribution in [0.4, 0.5) is 8.78 Å². The van der Waals surface area contributed by atoms with Crippen molar-refractivity contribution in [2.45, 2.75) is 20.3 Å². The smallest absolute Gasteiger partial charge is 0.341 e. The van der Waals surface area contributed by atoms with Crippen molar-refractivity contribution >= 4 is 5.97 Å². The molecule has 0 saturated carbocycles. The van der Waals surface area contributed by atoms with Crippen LogP contribution in [0.3, 0.4) is 0 Å². The first-order chi connectivity index (χ1) is 8.02. The number of carbonyl (C=O) groups excluding carboxylic acids is 1. The lowest BCUT2D eigenvalue weighted by Crippen LogP contribution is -2.12. The van der Waals surface area contributed by atoms with E-state index in [0.717, 1.165) is 6.20 Å². The Morgan fingerprint density at radius 3 is 2.76 bits per heavy atom. The number of aromatic nitrogens is 1. The average Bonchev–Trinajstić information content (AvgIpc) is 2.27. The van der Waals surface area contributed by atoms with E-state index < -0.39 is 12.4 Å². The molecule has 1 aromatic rings. The van der Waals surface area contributed by atoms with E-state index in [0.29, 0.717) is 0 Å². The Morgan fingerprint density at radius 1 is 1.65 bits per heavy atom. The number of pyridine rings is 1. The number of esters is 1. The van der Waals surface area contributed by atoms with Gasteiger partial charge < -0.3 is 4.74 Å². The van der Waals surface area contributed by atoms with E-state index in [1.807, 2.05) is 0 Å². The van der Waals surface area contributed by atoms with Crippen molar-refractivity contribution in [3.63, 3.8) is 0 Å². The highest BCUT2D eigenvalue weighted by molar-refractivity contribution is 5.93. The largest absolute Gasteiger partial charge is 0.462 e. The van der Waals surface area contributed by atoms with Crippen LogP contribution in [0.1, 0.15) is 40.5 Å². The molecule has 1 rings (SSSR count). The maximum atomic E-state index is 12.6. The molecule has 1 heterocycles. The number of ether oxygens (including phenoxy) is 1. The van der Waals surface area contributed by atoms with Gasteiger partial charge in [0.15, 0.2) is 5.69 Å². The zero-order chi connectivity index (χ0) is 13.0. The normalized spacial score (nSPS) is 10.1. The van der Waals surface area contributed by atoms with E-state index in [-0.39, 0.29) is 29.0 Å². The fourth-order valence-electron chi connectivity index (χ4n) is 1.38. The van der Waals surface area contributed by atoms with Gasteiger partial charge in [-0.2, -0.15) is 5.26 Å². The SMILES string of the molecule is CCOC(=O)c1c(C#N)ncc(C(F)F)c1C. The zero-order valence-corrected chi connectivity index (χ0v) is 9.33. The Balaban J connectivity index is 3.39. The molecule has 0 radical (unpaired) electrons. The van der Waals surface area contributed by atoms with Crippen LogP contribution in [-0.4, -0.2) is 17.6 Å². The number of halogens is 2. The Bertz CT molecular complexity index is 481. The highest BCUT2D eigenvalue weighted by atomic mass is 19.3. The third-order valence-electron chi connectivity index (χ3n) is 2.20. The van der Waals surface area contributed by atoms with Crippen LogP contribution in [0, 0.1) is 18.3 Å². The number of nitrogens with zero attached hydrogens (tertiary/aromatic N) is 2. The van der Waals surface area contributed by atoms with Gasteiger partial charge in [0.2, 0.25) is 0 Å². The number of alkyl halides is 2. The van der Waals surface area contributed by atoms with Crippen LogP contribution < -0.4 is 0 Å². The maximum Gasteiger partial charge on any atom is 0.341 e. The molecule has 17 heavy (non-hydrogen) atoms. The molecule has 6 heteroatoms. The van der Waals surface area contributed by atoms with Crippen molar-refractivity contribution < 1.29 is 18.3 Å². The molecule has 0 spiro atoms. The number of nitriles is 1. The van der Waals surface area contributed by atoms with E-state index >= 15 is 0 Å². The lowest BCUT2D eigenvalue weighted by molar-refractivity contribution is 0.0524. The van der Waals surface area contributed by atoms with Crippen LogP contribution in [-0.2, 0) is 4.74 Å². The van der Waals surface area contributed by atoms with Gasteiger partial charge in [-0.3, -0.25) is 0 Å². The molecule has 90 valence electrons. The Labute approximate surface area is 96.8 Å². The van der Waals surface area contributed by atoms with E-state index in [9.17, 15) is 13.6 Å². The van der Waals surface area contributed by atoms with Crippen molar-refractivity contribution in [3.05, 3.63) is 28.6 Å². The predicted octanol–water partition coefficient (Wildman–Crippen LogP) is 2.38. The van der Waals surface area contributed by atoms with Crippen LogP contribution >= 0.6 is 0 Å². The second-order valence-electron chi connectivity index (χ2n) is 3.20. The summed E-state index contributed by atoms with van der Waals surface area (Å²) >= 11 is 0. The summed E-state index contributed by atoms with van der Waals surface area (Å²) in [7, 11) is 0. The first-order valence-corrected chi connectivity index (χ1v) is 4.87. The fourth-order valence-corrected chi connectivity index (χ4v) is 1.38. The second-order valence-corrected chi connectivity index (χ2v) is 3.20. The summed E-state index contributed by atoms with van der Waals surface area (Å²) in [5.41, 5.74) is -0.727. The Kier molecular flexibility index (Phi) is 4.10. The van der Waals surface area contributed by atoms with Gasteiger partial charge in [0, 0.05) is 11.8 Å². The predicted molar refractivity (Wildman–Crippen MR) is 54.6 cm³/mol. The minimum Gasteiger partial charge on any atom is -0.462 e. The van der Waals surface area contributed by atoms with Crippen LogP contribution in [0.15, 0.2) is 6.20 Å². The maximum absolute atomic E-state index is 12.6. The van der Waals surface area contributed by atoms with Crippen molar-refractivity contribution in [2.75, 3.05) is 6.61 Å². The number of hydrogen-bond donors (Lipinski definition) is 0. The molecule has 0 unspecified atom stereocenters. The van der Waals surface area contributed by atoms with Crippen molar-refractivity contribution in [3.8, 4) is 6.07 Å². The highest BCUT2D eigenvalue weighted by Crippen LogP contribution is 2.25. The molecule has 0 aromatic carbocycles. The molecule has 1 aromatic heterocycles. The summed E-state index contributed by atoms with van der Waals surface area (Å²) in [6.45, 7) is 3.03. The van der Waals surface area contributed by atoms with E-state index in [4.69, 9.17) is 10.00 Å². The van der Waals surface area contributed by atoms with Crippen molar-refractivity contribution in [1.82, 2.24) is 4.98 Å². The minimum atomic E-state index is -2.75. The van der Waals surface area contributed by atoms with Gasteiger partial charge in [-0.05, 0) is 19.4 Å². The van der Waals surface area contributed by atoms with Gasteiger partial charge >= 0.3 is 5.97 Å². The molecule has 0 aliphatic heterocycles. The minimum absolute atomic E-state index is 0.0324. The molecule has 0 aliphatic rings. The molecule has 0 atom stereocenters. The summed E-state index contributed by atoms with van der Waals surface area (Å²) in [5.74, 6) is -0.809. The first kappa shape index (κ1) is 13.0. The van der Waals surface area contributed by atoms with Crippen LogP contribution in [0.2, 0.25) is 0 Å². The van der Waals surface area contributed by atoms with E-state index in [1.54, 1.807) is 13.0 Å². The molecule has 0 saturated heterocycles. The lowest BCUT2D eigenvalue weighted by Gasteiger charge is -2.10.